The average molecular weight is 273 g/mol. The first-order valence-corrected chi connectivity index (χ1v) is 5.87. The Morgan fingerprint density at radius 3 is 2.50 bits per heavy atom. The first-order valence-electron chi connectivity index (χ1n) is 5.87. The van der Waals surface area contributed by atoms with Gasteiger partial charge < -0.3 is 15.4 Å². The zero-order chi connectivity index (χ0) is 12.5. The molecular weight excluding hydrogens is 252 g/mol. The van der Waals surface area contributed by atoms with Gasteiger partial charge in [-0.1, -0.05) is 12.1 Å². The van der Waals surface area contributed by atoms with Crippen LogP contribution >= 0.6 is 12.4 Å². The Labute approximate surface area is 115 Å². The smallest absolute Gasteiger partial charge is 0.225 e. The number of nitrogens with one attached hydrogen (secondary N) is 2. The van der Waals surface area contributed by atoms with Gasteiger partial charge in [-0.2, -0.15) is 0 Å². The highest BCUT2D eigenvalue weighted by molar-refractivity contribution is 5.90. The van der Waals surface area contributed by atoms with Crippen LogP contribution in [0.25, 0.3) is 0 Å². The lowest BCUT2D eigenvalue weighted by Gasteiger charge is -2.06. The van der Waals surface area contributed by atoms with Crippen molar-refractivity contribution in [2.24, 2.45) is 0 Å². The maximum Gasteiger partial charge on any atom is 0.225 e. The van der Waals surface area contributed by atoms with Crippen LogP contribution in [0.5, 0.6) is 0 Å². The minimum atomic E-state index is 0. The maximum atomic E-state index is 11.5. The summed E-state index contributed by atoms with van der Waals surface area (Å²) < 4.78 is 5.30. The average Bonchev–Trinajstić information content (AvgIpc) is 2.35. The fraction of sp³-hybridized carbons (Fsp3) is 0.462. The topological polar surface area (TPSA) is 50.4 Å². The van der Waals surface area contributed by atoms with E-state index < -0.39 is 0 Å². The maximum absolute atomic E-state index is 11.5. The molecule has 1 amide bonds. The predicted octanol–water partition coefficient (Wildman–Crippen LogP) is 2.19. The molecule has 0 heterocycles. The lowest BCUT2D eigenvalue weighted by atomic mass is 10.2. The number of benzene rings is 1. The third-order valence-electron chi connectivity index (χ3n) is 2.31. The predicted molar refractivity (Wildman–Crippen MR) is 76.2 cm³/mol. The van der Waals surface area contributed by atoms with Gasteiger partial charge in [0.05, 0.1) is 6.61 Å². The van der Waals surface area contributed by atoms with Crippen LogP contribution in [-0.2, 0) is 16.1 Å². The number of ether oxygens (including phenoxy) is 1. The molecule has 1 aromatic carbocycles. The highest BCUT2D eigenvalue weighted by atomic mass is 35.5. The Hall–Kier alpha value is -1.10. The number of carbonyl (C=O) groups excluding carboxylic acids is 1. The van der Waals surface area contributed by atoms with Gasteiger partial charge in [-0.3, -0.25) is 4.79 Å². The van der Waals surface area contributed by atoms with Gasteiger partial charge in [0.1, 0.15) is 0 Å². The van der Waals surface area contributed by atoms with Crippen LogP contribution in [0.15, 0.2) is 24.3 Å². The number of hydrogen-bond acceptors (Lipinski definition) is 3. The number of rotatable bonds is 7. The summed E-state index contributed by atoms with van der Waals surface area (Å²) in [4.78, 5) is 11.5. The van der Waals surface area contributed by atoms with Gasteiger partial charge in [-0.05, 0) is 31.7 Å². The molecule has 1 aromatic rings. The van der Waals surface area contributed by atoms with Crippen molar-refractivity contribution in [2.45, 2.75) is 20.0 Å². The highest BCUT2D eigenvalue weighted by Crippen LogP contribution is 2.10. The summed E-state index contributed by atoms with van der Waals surface area (Å²) in [5.41, 5.74) is 1.94. The molecular formula is C13H21ClN2O2. The molecule has 0 aliphatic heterocycles. The quantitative estimate of drug-likeness (QED) is 0.800. The molecule has 0 aliphatic rings. The summed E-state index contributed by atoms with van der Waals surface area (Å²) in [6.07, 6.45) is 0.483. The molecule has 0 aromatic heterocycles. The van der Waals surface area contributed by atoms with Crippen LogP contribution in [0.2, 0.25) is 0 Å². The van der Waals surface area contributed by atoms with Crippen molar-refractivity contribution in [2.75, 3.05) is 25.5 Å². The molecule has 0 radical (unpaired) electrons. The van der Waals surface area contributed by atoms with Gasteiger partial charge in [-0.15, -0.1) is 12.4 Å². The van der Waals surface area contributed by atoms with Crippen LogP contribution in [-0.4, -0.2) is 26.1 Å². The van der Waals surface area contributed by atoms with E-state index in [1.54, 1.807) is 0 Å². The minimum absolute atomic E-state index is 0. The fourth-order valence-corrected chi connectivity index (χ4v) is 1.37. The Morgan fingerprint density at radius 1 is 1.28 bits per heavy atom. The Morgan fingerprint density at radius 2 is 1.94 bits per heavy atom. The van der Waals surface area contributed by atoms with Crippen molar-refractivity contribution in [1.29, 1.82) is 0 Å². The van der Waals surface area contributed by atoms with Crippen LogP contribution in [0, 0.1) is 0 Å². The molecule has 1 rings (SSSR count). The second-order valence-corrected chi connectivity index (χ2v) is 3.74. The van der Waals surface area contributed by atoms with E-state index in [9.17, 15) is 4.79 Å². The normalized spacial score (nSPS) is 9.67. The van der Waals surface area contributed by atoms with E-state index in [4.69, 9.17) is 4.74 Å². The third kappa shape index (κ3) is 6.59. The largest absolute Gasteiger partial charge is 0.377 e. The first-order chi connectivity index (χ1) is 8.26. The van der Waals surface area contributed by atoms with Crippen molar-refractivity contribution in [3.8, 4) is 0 Å². The molecule has 0 atom stereocenters. The molecule has 0 aliphatic carbocycles. The fourth-order valence-electron chi connectivity index (χ4n) is 1.37. The molecule has 0 unspecified atom stereocenters. The van der Waals surface area contributed by atoms with Gasteiger partial charge in [0.2, 0.25) is 5.91 Å². The molecule has 0 bridgehead atoms. The van der Waals surface area contributed by atoms with Crippen LogP contribution in [0.4, 0.5) is 5.69 Å². The van der Waals surface area contributed by atoms with E-state index >= 15 is 0 Å². The van der Waals surface area contributed by atoms with Crippen molar-refractivity contribution in [3.05, 3.63) is 29.8 Å². The Balaban J connectivity index is 0.00000289. The van der Waals surface area contributed by atoms with E-state index in [0.717, 1.165) is 11.3 Å². The van der Waals surface area contributed by atoms with Crippen LogP contribution in [0.3, 0.4) is 0 Å². The summed E-state index contributed by atoms with van der Waals surface area (Å²) in [6, 6.07) is 7.71. The SMILES string of the molecule is CCOCc1ccc(NC(=O)CCNC)cc1.Cl. The van der Waals surface area contributed by atoms with Gasteiger partial charge in [0, 0.05) is 25.3 Å². The summed E-state index contributed by atoms with van der Waals surface area (Å²) in [5.74, 6) is 0.0249. The third-order valence-corrected chi connectivity index (χ3v) is 2.31. The lowest BCUT2D eigenvalue weighted by Crippen LogP contribution is -2.18. The number of carbonyl (C=O) groups is 1. The summed E-state index contributed by atoms with van der Waals surface area (Å²) in [5, 5.41) is 5.78. The standard InChI is InChI=1S/C13H20N2O2.ClH/c1-3-17-10-11-4-6-12(7-5-11)15-13(16)8-9-14-2;/h4-7,14H,3,8-10H2,1-2H3,(H,15,16);1H. The summed E-state index contributed by atoms with van der Waals surface area (Å²) in [7, 11) is 1.83. The second kappa shape index (κ2) is 9.88. The van der Waals surface area contributed by atoms with Gasteiger partial charge >= 0.3 is 0 Å². The van der Waals surface area contributed by atoms with Crippen LogP contribution in [0.1, 0.15) is 18.9 Å². The lowest BCUT2D eigenvalue weighted by molar-refractivity contribution is -0.116. The van der Waals surface area contributed by atoms with Crippen molar-refractivity contribution in [1.82, 2.24) is 5.32 Å². The van der Waals surface area contributed by atoms with E-state index in [1.807, 2.05) is 38.2 Å². The monoisotopic (exact) mass is 272 g/mol. The van der Waals surface area contributed by atoms with Crippen molar-refractivity contribution in [3.63, 3.8) is 0 Å². The summed E-state index contributed by atoms with van der Waals surface area (Å²) >= 11 is 0. The van der Waals surface area contributed by atoms with Gasteiger partial charge in [0.25, 0.3) is 0 Å². The molecule has 2 N–H and O–H groups in total. The zero-order valence-electron chi connectivity index (χ0n) is 10.9. The molecule has 0 fully saturated rings. The highest BCUT2D eigenvalue weighted by Gasteiger charge is 2.01. The van der Waals surface area contributed by atoms with Crippen LogP contribution < -0.4 is 10.6 Å². The molecule has 102 valence electrons. The molecule has 0 saturated heterocycles. The molecule has 4 nitrogen and oxygen atoms in total. The van der Waals surface area contributed by atoms with E-state index in [2.05, 4.69) is 10.6 Å². The van der Waals surface area contributed by atoms with Gasteiger partial charge in [-0.25, -0.2) is 0 Å². The Kier molecular flexibility index (Phi) is 9.28. The van der Waals surface area contributed by atoms with Crippen molar-refractivity contribution < 1.29 is 9.53 Å². The van der Waals surface area contributed by atoms with Crippen molar-refractivity contribution >= 4 is 24.0 Å². The molecule has 0 saturated carbocycles. The number of hydrogen-bond donors (Lipinski definition) is 2. The number of amides is 1. The second-order valence-electron chi connectivity index (χ2n) is 3.74. The summed E-state index contributed by atoms with van der Waals surface area (Å²) in [6.45, 7) is 3.98. The molecule has 5 heteroatoms. The zero-order valence-corrected chi connectivity index (χ0v) is 11.7. The Bertz CT molecular complexity index is 341. The first kappa shape index (κ1) is 16.9. The van der Waals surface area contributed by atoms with E-state index in [0.29, 0.717) is 26.2 Å². The minimum Gasteiger partial charge on any atom is -0.377 e. The number of anilines is 1. The molecule has 0 spiro atoms. The number of halogens is 1. The molecule has 18 heavy (non-hydrogen) atoms. The van der Waals surface area contributed by atoms with E-state index in [-0.39, 0.29) is 18.3 Å². The van der Waals surface area contributed by atoms with E-state index in [1.165, 1.54) is 0 Å². The van der Waals surface area contributed by atoms with Gasteiger partial charge in [0.15, 0.2) is 0 Å².